The first kappa shape index (κ1) is 56.1. The van der Waals surface area contributed by atoms with Crippen LogP contribution in [0.15, 0.2) is 84.9 Å². The van der Waals surface area contributed by atoms with Crippen molar-refractivity contribution in [2.24, 2.45) is 0 Å². The van der Waals surface area contributed by atoms with E-state index in [0.29, 0.717) is 17.7 Å². The number of ether oxygens (including phenoxy) is 2. The highest BCUT2D eigenvalue weighted by molar-refractivity contribution is 6.90. The van der Waals surface area contributed by atoms with Crippen molar-refractivity contribution < 1.29 is 27.9 Å². The molecule has 10 heteroatoms. The van der Waals surface area contributed by atoms with Crippen LogP contribution in [0, 0.1) is 49.0 Å². The molecular weight excluding hydrogens is 941 g/mol. The quantitative estimate of drug-likeness (QED) is 0.0859. The van der Waals surface area contributed by atoms with Gasteiger partial charge < -0.3 is 18.3 Å². The predicted molar refractivity (Wildman–Crippen MR) is 308 cm³/mol. The first-order chi connectivity index (χ1) is 32.4. The number of hydrogen-bond donors (Lipinski definition) is 0. The molecule has 0 saturated carbocycles. The van der Waals surface area contributed by atoms with Crippen LogP contribution in [-0.2, 0) is 6.61 Å². The van der Waals surface area contributed by atoms with Gasteiger partial charge in [-0.2, -0.15) is 0 Å². The zero-order valence-corrected chi connectivity index (χ0v) is 48.9. The van der Waals surface area contributed by atoms with Gasteiger partial charge in [-0.1, -0.05) is 131 Å². The topological polar surface area (TPSA) is 71.1 Å². The van der Waals surface area contributed by atoms with E-state index < -0.39 is 32.8 Å². The highest BCUT2D eigenvalue weighted by Crippen LogP contribution is 2.48. The van der Waals surface area contributed by atoms with Gasteiger partial charge in [0.15, 0.2) is 5.78 Å². The van der Waals surface area contributed by atoms with Crippen LogP contribution >= 0.6 is 0 Å². The molecule has 0 aromatic heterocycles. The molecule has 1 aliphatic heterocycles. The van der Waals surface area contributed by atoms with Crippen molar-refractivity contribution in [3.63, 3.8) is 0 Å². The van der Waals surface area contributed by atoms with E-state index in [0.717, 1.165) is 61.9 Å². The summed E-state index contributed by atoms with van der Waals surface area (Å²) in [5, 5.41) is 1.49. The molecule has 0 spiro atoms. The average molecular weight is 1020 g/mol. The Labute approximate surface area is 431 Å². The van der Waals surface area contributed by atoms with Gasteiger partial charge in [0.05, 0.1) is 8.07 Å². The lowest BCUT2D eigenvalue weighted by Crippen LogP contribution is -2.45. The number of ketones is 2. The van der Waals surface area contributed by atoms with Gasteiger partial charge >= 0.3 is 0 Å². The molecule has 0 saturated heterocycles. The van der Waals surface area contributed by atoms with Crippen LogP contribution in [0.3, 0.4) is 0 Å². The molecule has 1 aliphatic carbocycles. The van der Waals surface area contributed by atoms with Gasteiger partial charge in [-0.25, -0.2) is 0 Å². The molecule has 0 N–H and O–H groups in total. The molecule has 7 rings (SSSR count). The summed E-state index contributed by atoms with van der Waals surface area (Å²) in [5.41, 5.74) is 13.9. The minimum absolute atomic E-state index is 0. The van der Waals surface area contributed by atoms with Crippen LogP contribution in [0.1, 0.15) is 97.5 Å². The van der Waals surface area contributed by atoms with Crippen molar-refractivity contribution in [1.82, 2.24) is 0 Å². The van der Waals surface area contributed by atoms with E-state index in [1.54, 1.807) is 6.07 Å². The van der Waals surface area contributed by atoms with Crippen molar-refractivity contribution in [3.05, 3.63) is 124 Å². The number of fused-ring (bicyclic) bond motifs is 6. The zero-order chi connectivity index (χ0) is 51.8. The SMILES string of the molecule is C.Cc1cc(OCC#CC#Cc2ccccc2C(=O)C#C[Si](C)(C)C)cc(O[Si](C)(C)C(C)(C)C)c1.Cc1cc(O[Si](C)(C)C(C)(C)C)cc2c1-c1cc3c(c([Si](C)(C)C)c1CO2)C(=O)c1ccccc1-3. The van der Waals surface area contributed by atoms with Gasteiger partial charge in [0.1, 0.15) is 44.3 Å². The van der Waals surface area contributed by atoms with Gasteiger partial charge in [0.25, 0.3) is 0 Å². The largest absolute Gasteiger partial charge is 0.543 e. The molecule has 0 atom stereocenters. The fourth-order valence-corrected chi connectivity index (χ4v) is 12.6. The molecule has 0 amide bonds. The van der Waals surface area contributed by atoms with E-state index in [2.05, 4.69) is 173 Å². The van der Waals surface area contributed by atoms with E-state index in [1.165, 1.54) is 16.3 Å². The molecule has 6 nitrogen and oxygen atoms in total. The second-order valence-corrected chi connectivity index (χ2v) is 42.8. The van der Waals surface area contributed by atoms with Crippen LogP contribution in [0.25, 0.3) is 22.3 Å². The number of aryl methyl sites for hydroxylation is 2. The first-order valence-corrected chi connectivity index (χ1v) is 37.1. The normalized spacial score (nSPS) is 12.7. The Balaban J connectivity index is 0.000000260. The number of rotatable bonds is 8. The van der Waals surface area contributed by atoms with E-state index in [1.807, 2.05) is 61.5 Å². The fourth-order valence-electron chi connectivity index (χ4n) is 7.97. The molecule has 0 radical (unpaired) electrons. The number of carbonyl (C=O) groups excluding carboxylic acids is 2. The van der Waals surface area contributed by atoms with E-state index in [-0.39, 0.29) is 35.7 Å². The van der Waals surface area contributed by atoms with Crippen molar-refractivity contribution >= 4 is 49.5 Å². The molecule has 1 heterocycles. The third kappa shape index (κ3) is 13.0. The summed E-state index contributed by atoms with van der Waals surface area (Å²) in [4.78, 5) is 26.1. The van der Waals surface area contributed by atoms with Crippen molar-refractivity contribution in [2.75, 3.05) is 6.61 Å². The first-order valence-electron chi connectivity index (χ1n) is 24.3. The van der Waals surface area contributed by atoms with Gasteiger partial charge in [-0.3, -0.25) is 9.59 Å². The summed E-state index contributed by atoms with van der Waals surface area (Å²) in [6.07, 6.45) is 0. The number of carbonyl (C=O) groups is 2. The lowest BCUT2D eigenvalue weighted by Gasteiger charge is -2.37. The fraction of sp³-hybridized carbons (Fsp3) is 0.377. The molecule has 0 fully saturated rings. The summed E-state index contributed by atoms with van der Waals surface area (Å²) in [6.45, 7) is 40.6. The lowest BCUT2D eigenvalue weighted by atomic mass is 9.89. The molecule has 0 unspecified atom stereocenters. The predicted octanol–water partition coefficient (Wildman–Crippen LogP) is 15.2. The summed E-state index contributed by atoms with van der Waals surface area (Å²) in [6, 6.07) is 27.7. The smallest absolute Gasteiger partial charge is 0.250 e. The number of Topliss-reactive ketones (excluding diaryl/α,β-unsaturated/α-hetero) is 1. The average Bonchev–Trinajstić information content (AvgIpc) is 3.51. The van der Waals surface area contributed by atoms with Gasteiger partial charge in [0, 0.05) is 39.9 Å². The van der Waals surface area contributed by atoms with Gasteiger partial charge in [0.2, 0.25) is 22.4 Å². The Hall–Kier alpha value is -5.81. The Morgan fingerprint density at radius 2 is 1.24 bits per heavy atom. The third-order valence-electron chi connectivity index (χ3n) is 13.6. The van der Waals surface area contributed by atoms with Gasteiger partial charge in [-0.15, -0.1) is 5.54 Å². The van der Waals surface area contributed by atoms with Crippen molar-refractivity contribution in [3.8, 4) is 80.4 Å². The zero-order valence-electron chi connectivity index (χ0n) is 44.9. The second kappa shape index (κ2) is 21.1. The third-order valence-corrected chi connectivity index (χ3v) is 25.2. The Morgan fingerprint density at radius 1 is 0.662 bits per heavy atom. The van der Waals surface area contributed by atoms with E-state index in [4.69, 9.17) is 18.3 Å². The van der Waals surface area contributed by atoms with Crippen LogP contribution in [0.2, 0.25) is 75.5 Å². The molecule has 5 aromatic rings. The van der Waals surface area contributed by atoms with E-state index in [9.17, 15) is 9.59 Å². The summed E-state index contributed by atoms with van der Waals surface area (Å²) in [7, 11) is -7.40. The standard InChI is InChI=1S/2C30H36O3Si2.CH4/c1-18-14-19(33-35(8,9)30(2,3)4)15-25-26(18)23-16-22-20-12-10-11-13-21(20)28(31)27(22)29(34(5,6)7)24(23)17-32-25;1-24-21-26(23-27(22-24)33-35(8,9)30(2,3)4)32-19-14-10-11-15-25-16-12-13-17-28(25)29(31)18-20-34(5,6)7;/h10-16H,17H2,1-9H3;12-13,16-17,21-23H,19H2,1-9H3;1H4. The van der Waals surface area contributed by atoms with Crippen molar-refractivity contribution in [2.45, 2.75) is 145 Å². The lowest BCUT2D eigenvalue weighted by molar-refractivity contribution is 0.104. The van der Waals surface area contributed by atoms with Crippen molar-refractivity contribution in [1.29, 1.82) is 0 Å². The molecular formula is C61H76O6Si4. The summed E-state index contributed by atoms with van der Waals surface area (Å²) in [5.74, 6) is 17.6. The molecule has 71 heavy (non-hydrogen) atoms. The van der Waals surface area contributed by atoms with Crippen LogP contribution in [0.4, 0.5) is 0 Å². The highest BCUT2D eigenvalue weighted by atomic mass is 28.4. The second-order valence-electron chi connectivity index (χ2n) is 23.6. The number of hydrogen-bond acceptors (Lipinski definition) is 6. The maximum atomic E-state index is 13.6. The molecule has 5 aromatic carbocycles. The molecule has 372 valence electrons. The minimum Gasteiger partial charge on any atom is -0.543 e. The minimum atomic E-state index is -1.97. The van der Waals surface area contributed by atoms with Gasteiger partial charge in [-0.05, 0) is 149 Å². The Bertz CT molecular complexity index is 3060. The Kier molecular flexibility index (Phi) is 16.7. The summed E-state index contributed by atoms with van der Waals surface area (Å²) < 4.78 is 25.3. The maximum Gasteiger partial charge on any atom is 0.250 e. The number of benzene rings is 5. The van der Waals surface area contributed by atoms with E-state index >= 15 is 0 Å². The molecule has 2 aliphatic rings. The van der Waals surface area contributed by atoms with Crippen LogP contribution < -0.4 is 23.5 Å². The summed E-state index contributed by atoms with van der Waals surface area (Å²) >= 11 is 0. The van der Waals surface area contributed by atoms with Crippen LogP contribution in [-0.4, -0.2) is 51.0 Å². The van der Waals surface area contributed by atoms with Crippen LogP contribution in [0.5, 0.6) is 23.0 Å². The highest BCUT2D eigenvalue weighted by Gasteiger charge is 2.42. The Morgan fingerprint density at radius 3 is 1.85 bits per heavy atom. The molecule has 0 bridgehead atoms. The maximum absolute atomic E-state index is 13.6. The monoisotopic (exact) mass is 1020 g/mol.